The van der Waals surface area contributed by atoms with Crippen molar-refractivity contribution in [1.82, 2.24) is 24.4 Å². The molecule has 3 aromatic rings. The highest BCUT2D eigenvalue weighted by atomic mass is 16.2. The maximum atomic E-state index is 12.8. The number of fused-ring (bicyclic) bond motifs is 1. The number of anilines is 1. The van der Waals surface area contributed by atoms with E-state index in [0.717, 1.165) is 34.1 Å². The lowest BCUT2D eigenvalue weighted by Gasteiger charge is -2.18. The Labute approximate surface area is 152 Å². The number of imidazole rings is 1. The Morgan fingerprint density at radius 3 is 2.58 bits per heavy atom. The molecule has 0 saturated heterocycles. The van der Waals surface area contributed by atoms with Crippen LogP contribution in [0.25, 0.3) is 16.9 Å². The van der Waals surface area contributed by atoms with Crippen molar-refractivity contribution in [3.05, 3.63) is 41.5 Å². The summed E-state index contributed by atoms with van der Waals surface area (Å²) < 4.78 is 1.88. The second kappa shape index (κ2) is 6.74. The van der Waals surface area contributed by atoms with Gasteiger partial charge < -0.3 is 10.6 Å². The van der Waals surface area contributed by atoms with E-state index in [2.05, 4.69) is 28.8 Å². The summed E-state index contributed by atoms with van der Waals surface area (Å²) in [6.45, 7) is 6.24. The van der Waals surface area contributed by atoms with Crippen LogP contribution in [0.15, 0.2) is 24.8 Å². The summed E-state index contributed by atoms with van der Waals surface area (Å²) in [5, 5.41) is 0. The van der Waals surface area contributed by atoms with E-state index in [4.69, 9.17) is 5.73 Å². The molecule has 7 heteroatoms. The second-order valence-electron chi connectivity index (χ2n) is 7.13. The van der Waals surface area contributed by atoms with Gasteiger partial charge in [0, 0.05) is 25.7 Å². The van der Waals surface area contributed by atoms with Crippen LogP contribution < -0.4 is 5.73 Å². The van der Waals surface area contributed by atoms with Crippen LogP contribution in [-0.4, -0.2) is 44.4 Å². The summed E-state index contributed by atoms with van der Waals surface area (Å²) in [5.74, 6) is 1.45. The summed E-state index contributed by atoms with van der Waals surface area (Å²) in [6.07, 6.45) is 3.93. The van der Waals surface area contributed by atoms with Gasteiger partial charge in [0.15, 0.2) is 0 Å². The van der Waals surface area contributed by atoms with Crippen molar-refractivity contribution in [2.45, 2.75) is 27.2 Å². The number of aromatic nitrogens is 4. The van der Waals surface area contributed by atoms with Gasteiger partial charge in [-0.1, -0.05) is 13.8 Å². The number of benzene rings is 1. The Kier molecular flexibility index (Phi) is 4.63. The summed E-state index contributed by atoms with van der Waals surface area (Å²) in [5.41, 5.74) is 10.2. The highest BCUT2D eigenvalue weighted by Gasteiger charge is 2.22. The van der Waals surface area contributed by atoms with Gasteiger partial charge in [-0.15, -0.1) is 0 Å². The molecule has 3 rings (SSSR count). The first-order valence-corrected chi connectivity index (χ1v) is 8.58. The lowest BCUT2D eigenvalue weighted by molar-refractivity contribution is 0.0826. The van der Waals surface area contributed by atoms with Gasteiger partial charge >= 0.3 is 0 Å². The van der Waals surface area contributed by atoms with Crippen LogP contribution in [0.2, 0.25) is 0 Å². The number of hydrogen-bond acceptors (Lipinski definition) is 5. The number of nitrogens with two attached hydrogens (primary N) is 1. The van der Waals surface area contributed by atoms with E-state index >= 15 is 0 Å². The summed E-state index contributed by atoms with van der Waals surface area (Å²) in [7, 11) is 3.54. The fourth-order valence-electron chi connectivity index (χ4n) is 3.17. The van der Waals surface area contributed by atoms with Gasteiger partial charge in [0.2, 0.25) is 0 Å². The third kappa shape index (κ3) is 3.12. The molecule has 0 bridgehead atoms. The molecule has 26 heavy (non-hydrogen) atoms. The molecule has 0 saturated carbocycles. The first-order valence-electron chi connectivity index (χ1n) is 8.58. The molecule has 0 fully saturated rings. The molecule has 0 atom stereocenters. The molecule has 0 spiro atoms. The van der Waals surface area contributed by atoms with E-state index in [-0.39, 0.29) is 5.91 Å². The number of amides is 1. The quantitative estimate of drug-likeness (QED) is 0.779. The zero-order chi connectivity index (χ0) is 19.0. The molecule has 0 unspecified atom stereocenters. The molecular formula is C19H24N6O. The Morgan fingerprint density at radius 1 is 1.23 bits per heavy atom. The van der Waals surface area contributed by atoms with Crippen molar-refractivity contribution in [1.29, 1.82) is 0 Å². The lowest BCUT2D eigenvalue weighted by Crippen LogP contribution is -2.24. The zero-order valence-electron chi connectivity index (χ0n) is 15.8. The maximum Gasteiger partial charge on any atom is 0.253 e. The van der Waals surface area contributed by atoms with Crippen LogP contribution in [0.3, 0.4) is 0 Å². The minimum atomic E-state index is 0.000815. The number of aryl methyl sites for hydroxylation is 1. The lowest BCUT2D eigenvalue weighted by atomic mass is 9.92. The van der Waals surface area contributed by atoms with Gasteiger partial charge in [-0.2, -0.15) is 0 Å². The molecule has 0 radical (unpaired) electrons. The van der Waals surface area contributed by atoms with Crippen molar-refractivity contribution in [3.63, 3.8) is 0 Å². The van der Waals surface area contributed by atoms with Crippen LogP contribution in [0.4, 0.5) is 5.82 Å². The van der Waals surface area contributed by atoms with E-state index in [0.29, 0.717) is 17.6 Å². The van der Waals surface area contributed by atoms with Crippen LogP contribution in [0, 0.1) is 12.8 Å². The molecule has 136 valence electrons. The minimum Gasteiger partial charge on any atom is -0.384 e. The minimum absolute atomic E-state index is 0.000815. The third-order valence-electron chi connectivity index (χ3n) is 4.29. The standard InChI is InChI=1S/C19H24N6O/c1-11(2)6-13-17(19(26)24(4)5)12(3)7-14-18(13)23-10-25(14)16-8-15(20)21-9-22-16/h7-11H,6H2,1-5H3,(H2,20,21,22). The molecular weight excluding hydrogens is 328 g/mol. The Bertz CT molecular complexity index is 974. The van der Waals surface area contributed by atoms with Gasteiger partial charge in [-0.05, 0) is 36.5 Å². The van der Waals surface area contributed by atoms with E-state index < -0.39 is 0 Å². The van der Waals surface area contributed by atoms with Gasteiger partial charge in [-0.3, -0.25) is 9.36 Å². The predicted octanol–water partition coefficient (Wildman–Crippen LogP) is 2.61. The van der Waals surface area contributed by atoms with Crippen LogP contribution in [0.5, 0.6) is 0 Å². The van der Waals surface area contributed by atoms with Gasteiger partial charge in [-0.25, -0.2) is 15.0 Å². The van der Waals surface area contributed by atoms with Crippen molar-refractivity contribution in [3.8, 4) is 5.82 Å². The number of nitrogen functional groups attached to an aromatic ring is 1. The Balaban J connectivity index is 2.30. The average molecular weight is 352 g/mol. The molecule has 2 N–H and O–H groups in total. The number of carbonyl (C=O) groups excluding carboxylic acids is 1. The molecule has 7 nitrogen and oxygen atoms in total. The van der Waals surface area contributed by atoms with E-state index in [1.807, 2.05) is 17.6 Å². The summed E-state index contributed by atoms with van der Waals surface area (Å²) >= 11 is 0. The number of carbonyl (C=O) groups is 1. The number of nitrogens with zero attached hydrogens (tertiary/aromatic N) is 5. The smallest absolute Gasteiger partial charge is 0.253 e. The first-order chi connectivity index (χ1) is 12.3. The number of rotatable bonds is 4. The van der Waals surface area contributed by atoms with E-state index in [9.17, 15) is 4.79 Å². The first kappa shape index (κ1) is 17.8. The van der Waals surface area contributed by atoms with Crippen LogP contribution in [0.1, 0.15) is 35.3 Å². The van der Waals surface area contributed by atoms with E-state index in [1.165, 1.54) is 6.33 Å². The number of hydrogen-bond donors (Lipinski definition) is 1. The summed E-state index contributed by atoms with van der Waals surface area (Å²) in [4.78, 5) is 27.2. The van der Waals surface area contributed by atoms with Crippen LogP contribution in [-0.2, 0) is 6.42 Å². The van der Waals surface area contributed by atoms with Gasteiger partial charge in [0.05, 0.1) is 11.0 Å². The van der Waals surface area contributed by atoms with Crippen molar-refractivity contribution >= 4 is 22.8 Å². The maximum absolute atomic E-state index is 12.8. The zero-order valence-corrected chi connectivity index (χ0v) is 15.8. The molecule has 0 aliphatic rings. The normalized spacial score (nSPS) is 11.3. The molecule has 0 aliphatic heterocycles. The highest BCUT2D eigenvalue weighted by Crippen LogP contribution is 2.29. The predicted molar refractivity (Wildman–Crippen MR) is 102 cm³/mol. The second-order valence-corrected chi connectivity index (χ2v) is 7.13. The third-order valence-corrected chi connectivity index (χ3v) is 4.29. The Morgan fingerprint density at radius 2 is 1.96 bits per heavy atom. The summed E-state index contributed by atoms with van der Waals surface area (Å²) in [6, 6.07) is 3.69. The van der Waals surface area contributed by atoms with Gasteiger partial charge in [0.25, 0.3) is 5.91 Å². The Hall–Kier alpha value is -2.96. The fourth-order valence-corrected chi connectivity index (χ4v) is 3.17. The molecule has 1 amide bonds. The SMILES string of the molecule is Cc1cc2c(ncn2-c2cc(N)ncn2)c(CC(C)C)c1C(=O)N(C)C. The van der Waals surface area contributed by atoms with Crippen molar-refractivity contribution < 1.29 is 4.79 Å². The van der Waals surface area contributed by atoms with Gasteiger partial charge in [0.1, 0.15) is 24.3 Å². The highest BCUT2D eigenvalue weighted by molar-refractivity contribution is 6.01. The fraction of sp³-hybridized carbons (Fsp3) is 0.368. The molecule has 2 aromatic heterocycles. The van der Waals surface area contributed by atoms with E-state index in [1.54, 1.807) is 31.4 Å². The largest absolute Gasteiger partial charge is 0.384 e. The van der Waals surface area contributed by atoms with Crippen molar-refractivity contribution in [2.75, 3.05) is 19.8 Å². The molecule has 0 aliphatic carbocycles. The topological polar surface area (TPSA) is 89.9 Å². The molecule has 1 aromatic carbocycles. The van der Waals surface area contributed by atoms with Crippen molar-refractivity contribution in [2.24, 2.45) is 5.92 Å². The molecule has 2 heterocycles. The monoisotopic (exact) mass is 352 g/mol. The average Bonchev–Trinajstić information content (AvgIpc) is 2.97. The van der Waals surface area contributed by atoms with Crippen LogP contribution >= 0.6 is 0 Å².